The van der Waals surface area contributed by atoms with Crippen LogP contribution in [0.25, 0.3) is 0 Å². The van der Waals surface area contributed by atoms with E-state index >= 15 is 0 Å². The molecule has 0 saturated carbocycles. The molecular weight excluding hydrogens is 270 g/mol. The summed E-state index contributed by atoms with van der Waals surface area (Å²) >= 11 is 0. The lowest BCUT2D eigenvalue weighted by molar-refractivity contribution is 0.175. The smallest absolute Gasteiger partial charge is 0.324 e. The number of ether oxygens (including phenoxy) is 2. The summed E-state index contributed by atoms with van der Waals surface area (Å²) in [4.78, 5) is 15.0. The van der Waals surface area contributed by atoms with Gasteiger partial charge in [0.15, 0.2) is 0 Å². The first-order valence-corrected chi connectivity index (χ1v) is 7.79. The normalized spacial score (nSPS) is 15.7. The summed E-state index contributed by atoms with van der Waals surface area (Å²) in [6.45, 7) is 8.95. The fraction of sp³-hybridized carbons (Fsp3) is 0.786. The molecule has 0 radical (unpaired) electrons. The molecule has 0 amide bonds. The molecule has 1 aromatic heterocycles. The molecule has 0 atom stereocenters. The highest BCUT2D eigenvalue weighted by Gasteiger charge is 2.11. The van der Waals surface area contributed by atoms with E-state index in [1.54, 1.807) is 0 Å². The molecule has 118 valence electrons. The van der Waals surface area contributed by atoms with Crippen molar-refractivity contribution in [2.24, 2.45) is 0 Å². The molecule has 0 unspecified atom stereocenters. The quantitative estimate of drug-likeness (QED) is 0.780. The lowest BCUT2D eigenvalue weighted by Crippen LogP contribution is -2.33. The molecule has 1 aromatic rings. The second-order valence-corrected chi connectivity index (χ2v) is 4.94. The van der Waals surface area contributed by atoms with E-state index in [0.29, 0.717) is 31.2 Å². The molecule has 0 bridgehead atoms. The minimum absolute atomic E-state index is 0.302. The molecule has 1 N–H and O–H groups in total. The number of anilines is 1. The molecule has 7 nitrogen and oxygen atoms in total. The Bertz CT molecular complexity index is 400. The van der Waals surface area contributed by atoms with Gasteiger partial charge in [0.2, 0.25) is 5.95 Å². The van der Waals surface area contributed by atoms with Crippen molar-refractivity contribution in [3.63, 3.8) is 0 Å². The van der Waals surface area contributed by atoms with Crippen LogP contribution in [0.1, 0.15) is 33.1 Å². The minimum atomic E-state index is 0.302. The van der Waals surface area contributed by atoms with Gasteiger partial charge in [-0.05, 0) is 39.8 Å². The van der Waals surface area contributed by atoms with Gasteiger partial charge in [-0.3, -0.25) is 4.90 Å². The summed E-state index contributed by atoms with van der Waals surface area (Å²) in [5.41, 5.74) is 0. The first-order valence-electron chi connectivity index (χ1n) is 7.79. The molecule has 7 heteroatoms. The number of likely N-dealkylation sites (tertiary alicyclic amines) is 1. The highest BCUT2D eigenvalue weighted by atomic mass is 16.5. The van der Waals surface area contributed by atoms with E-state index in [1.165, 1.54) is 19.3 Å². The highest BCUT2D eigenvalue weighted by molar-refractivity contribution is 5.27. The molecule has 0 spiro atoms. The Morgan fingerprint density at radius 3 is 2.38 bits per heavy atom. The number of hydrogen-bond donors (Lipinski definition) is 1. The first kappa shape index (κ1) is 15.8. The summed E-state index contributed by atoms with van der Waals surface area (Å²) in [5, 5.41) is 3.05. The third-order valence-electron chi connectivity index (χ3n) is 3.29. The van der Waals surface area contributed by atoms with Gasteiger partial charge in [-0.2, -0.15) is 9.97 Å². The molecule has 1 saturated heterocycles. The second kappa shape index (κ2) is 8.61. The van der Waals surface area contributed by atoms with Gasteiger partial charge in [-0.25, -0.2) is 0 Å². The van der Waals surface area contributed by atoms with Gasteiger partial charge >= 0.3 is 12.0 Å². The number of nitrogens with one attached hydrogen (secondary N) is 1. The van der Waals surface area contributed by atoms with Crippen LogP contribution in [0.2, 0.25) is 0 Å². The van der Waals surface area contributed by atoms with Gasteiger partial charge < -0.3 is 14.8 Å². The van der Waals surface area contributed by atoms with Gasteiger partial charge in [-0.1, -0.05) is 6.42 Å². The molecule has 0 aromatic carbocycles. The SMILES string of the molecule is CCNc1nc(OCC)nc(OCCN2CCCCC2)n1. The number of piperidine rings is 1. The van der Waals surface area contributed by atoms with Gasteiger partial charge in [0.1, 0.15) is 6.61 Å². The van der Waals surface area contributed by atoms with Crippen LogP contribution < -0.4 is 14.8 Å². The average molecular weight is 295 g/mol. The molecular formula is C14H25N5O2. The molecule has 2 heterocycles. The topological polar surface area (TPSA) is 72.4 Å². The van der Waals surface area contributed by atoms with Crippen LogP contribution in [0.3, 0.4) is 0 Å². The van der Waals surface area contributed by atoms with E-state index in [0.717, 1.165) is 26.2 Å². The Morgan fingerprint density at radius 2 is 1.71 bits per heavy atom. The van der Waals surface area contributed by atoms with Crippen LogP contribution in [-0.2, 0) is 0 Å². The summed E-state index contributed by atoms with van der Waals surface area (Å²) < 4.78 is 11.0. The van der Waals surface area contributed by atoms with Crippen LogP contribution in [-0.4, -0.2) is 59.2 Å². The largest absolute Gasteiger partial charge is 0.464 e. The van der Waals surface area contributed by atoms with Crippen molar-refractivity contribution >= 4 is 5.95 Å². The predicted octanol–water partition coefficient (Wildman–Crippen LogP) is 1.57. The van der Waals surface area contributed by atoms with Gasteiger partial charge in [0, 0.05) is 13.1 Å². The molecule has 0 aliphatic carbocycles. The second-order valence-electron chi connectivity index (χ2n) is 4.94. The Labute approximate surface area is 126 Å². The Morgan fingerprint density at radius 1 is 1.00 bits per heavy atom. The Kier molecular flexibility index (Phi) is 6.46. The number of aromatic nitrogens is 3. The predicted molar refractivity (Wildman–Crippen MR) is 80.9 cm³/mol. The van der Waals surface area contributed by atoms with Gasteiger partial charge in [0.25, 0.3) is 0 Å². The van der Waals surface area contributed by atoms with Gasteiger partial charge in [0.05, 0.1) is 6.61 Å². The number of hydrogen-bond acceptors (Lipinski definition) is 7. The van der Waals surface area contributed by atoms with Crippen LogP contribution >= 0.6 is 0 Å². The van der Waals surface area contributed by atoms with Crippen molar-refractivity contribution in [2.45, 2.75) is 33.1 Å². The molecule has 21 heavy (non-hydrogen) atoms. The van der Waals surface area contributed by atoms with E-state index in [2.05, 4.69) is 25.2 Å². The molecule has 1 aliphatic rings. The van der Waals surface area contributed by atoms with Crippen molar-refractivity contribution in [1.82, 2.24) is 19.9 Å². The lowest BCUT2D eigenvalue weighted by Gasteiger charge is -2.25. The van der Waals surface area contributed by atoms with Crippen LogP contribution in [0.5, 0.6) is 12.0 Å². The maximum absolute atomic E-state index is 5.66. The fourth-order valence-corrected chi connectivity index (χ4v) is 2.28. The molecule has 1 aliphatic heterocycles. The van der Waals surface area contributed by atoms with E-state index in [4.69, 9.17) is 9.47 Å². The third kappa shape index (κ3) is 5.34. The van der Waals surface area contributed by atoms with Crippen LogP contribution in [0.4, 0.5) is 5.95 Å². The van der Waals surface area contributed by atoms with Crippen molar-refractivity contribution in [1.29, 1.82) is 0 Å². The molecule has 1 fully saturated rings. The van der Waals surface area contributed by atoms with Gasteiger partial charge in [-0.15, -0.1) is 4.98 Å². The van der Waals surface area contributed by atoms with Crippen molar-refractivity contribution in [3.05, 3.63) is 0 Å². The van der Waals surface area contributed by atoms with Crippen molar-refractivity contribution < 1.29 is 9.47 Å². The fourth-order valence-electron chi connectivity index (χ4n) is 2.28. The zero-order valence-electron chi connectivity index (χ0n) is 13.0. The molecule has 2 rings (SSSR count). The zero-order chi connectivity index (χ0) is 14.9. The average Bonchev–Trinajstić information content (AvgIpc) is 2.49. The van der Waals surface area contributed by atoms with Crippen LogP contribution in [0, 0.1) is 0 Å². The summed E-state index contributed by atoms with van der Waals surface area (Å²) in [6, 6.07) is 0.623. The third-order valence-corrected chi connectivity index (χ3v) is 3.29. The Balaban J connectivity index is 1.87. The minimum Gasteiger partial charge on any atom is -0.464 e. The first-order chi connectivity index (χ1) is 10.3. The number of rotatable bonds is 8. The maximum atomic E-state index is 5.66. The summed E-state index contributed by atoms with van der Waals surface area (Å²) in [7, 11) is 0. The maximum Gasteiger partial charge on any atom is 0.324 e. The lowest BCUT2D eigenvalue weighted by atomic mass is 10.1. The summed E-state index contributed by atoms with van der Waals surface area (Å²) in [6.07, 6.45) is 3.91. The monoisotopic (exact) mass is 295 g/mol. The van der Waals surface area contributed by atoms with E-state index < -0.39 is 0 Å². The van der Waals surface area contributed by atoms with E-state index in [-0.39, 0.29) is 0 Å². The highest BCUT2D eigenvalue weighted by Crippen LogP contribution is 2.13. The van der Waals surface area contributed by atoms with E-state index in [1.807, 2.05) is 13.8 Å². The standard InChI is InChI=1S/C14H25N5O2/c1-3-15-12-16-13(20-4-2)18-14(17-12)21-11-10-19-8-6-5-7-9-19/h3-11H2,1-2H3,(H,15,16,17,18). The van der Waals surface area contributed by atoms with Crippen molar-refractivity contribution in [2.75, 3.05) is 44.7 Å². The van der Waals surface area contributed by atoms with Crippen LogP contribution in [0.15, 0.2) is 0 Å². The van der Waals surface area contributed by atoms with Crippen molar-refractivity contribution in [3.8, 4) is 12.0 Å². The van der Waals surface area contributed by atoms with E-state index in [9.17, 15) is 0 Å². The Hall–Kier alpha value is -1.63. The summed E-state index contributed by atoms with van der Waals surface area (Å²) in [5.74, 6) is 0.490. The number of nitrogens with zero attached hydrogens (tertiary/aromatic N) is 4. The zero-order valence-corrected chi connectivity index (χ0v) is 13.0.